The predicted octanol–water partition coefficient (Wildman–Crippen LogP) is 3.08. The molecular weight excluding hydrogens is 484 g/mol. The Balaban J connectivity index is 1.36. The number of nitrogens with zero attached hydrogens (tertiary/aromatic N) is 5. The molecule has 3 aromatic heterocycles. The molecule has 0 saturated carbocycles. The first-order valence-electron chi connectivity index (χ1n) is 11.9. The topological polar surface area (TPSA) is 104 Å². The molecular formula is C24H28N6O3S2. The van der Waals surface area contributed by atoms with E-state index in [2.05, 4.69) is 26.1 Å². The van der Waals surface area contributed by atoms with Crippen molar-refractivity contribution in [2.24, 2.45) is 0 Å². The van der Waals surface area contributed by atoms with E-state index in [1.54, 1.807) is 11.3 Å². The lowest BCUT2D eigenvalue weighted by Gasteiger charge is -2.30. The Morgan fingerprint density at radius 1 is 1.14 bits per heavy atom. The number of nitrogens with one attached hydrogen (secondary N) is 1. The van der Waals surface area contributed by atoms with Gasteiger partial charge in [-0.2, -0.15) is 5.10 Å². The van der Waals surface area contributed by atoms with Crippen molar-refractivity contribution in [1.29, 1.82) is 0 Å². The Labute approximate surface area is 208 Å². The van der Waals surface area contributed by atoms with Gasteiger partial charge < -0.3 is 9.64 Å². The van der Waals surface area contributed by atoms with Crippen molar-refractivity contribution >= 4 is 48.1 Å². The SMILES string of the molecule is CS(=O)(=O)C1CCN(Cc2cc3nc(-c4cccc5[nH]ncc45)nc(N4CCOCC4)c3s2)CC1. The molecule has 4 aromatic rings. The first-order valence-corrected chi connectivity index (χ1v) is 14.7. The third-order valence-corrected chi connectivity index (χ3v) is 9.75. The van der Waals surface area contributed by atoms with Gasteiger partial charge in [0.1, 0.15) is 9.84 Å². The quantitative estimate of drug-likeness (QED) is 0.435. The van der Waals surface area contributed by atoms with Crippen molar-refractivity contribution in [2.75, 3.05) is 50.5 Å². The van der Waals surface area contributed by atoms with Gasteiger partial charge in [-0.25, -0.2) is 18.4 Å². The number of aromatic amines is 1. The number of sulfone groups is 1. The van der Waals surface area contributed by atoms with Gasteiger partial charge in [-0.05, 0) is 38.1 Å². The fourth-order valence-corrected chi connectivity index (χ4v) is 7.25. The zero-order valence-electron chi connectivity index (χ0n) is 19.6. The summed E-state index contributed by atoms with van der Waals surface area (Å²) >= 11 is 1.74. The summed E-state index contributed by atoms with van der Waals surface area (Å²) in [6.07, 6.45) is 4.57. The van der Waals surface area contributed by atoms with Crippen molar-refractivity contribution in [3.05, 3.63) is 35.3 Å². The van der Waals surface area contributed by atoms with Gasteiger partial charge in [0.15, 0.2) is 11.6 Å². The third-order valence-electron chi connectivity index (χ3n) is 6.96. The number of piperidine rings is 1. The highest BCUT2D eigenvalue weighted by molar-refractivity contribution is 7.91. The van der Waals surface area contributed by atoms with Crippen LogP contribution in [0.25, 0.3) is 32.5 Å². The highest BCUT2D eigenvalue weighted by Gasteiger charge is 2.27. The molecule has 2 saturated heterocycles. The van der Waals surface area contributed by atoms with Crippen molar-refractivity contribution in [1.82, 2.24) is 25.1 Å². The highest BCUT2D eigenvalue weighted by atomic mass is 32.2. The van der Waals surface area contributed by atoms with E-state index in [9.17, 15) is 8.42 Å². The molecule has 0 aliphatic carbocycles. The van der Waals surface area contributed by atoms with Crippen LogP contribution in [0.2, 0.25) is 0 Å². The van der Waals surface area contributed by atoms with Crippen LogP contribution in [0.5, 0.6) is 0 Å². The molecule has 0 bridgehead atoms. The van der Waals surface area contributed by atoms with E-state index in [0.717, 1.165) is 65.2 Å². The van der Waals surface area contributed by atoms with Gasteiger partial charge in [-0.15, -0.1) is 11.3 Å². The molecule has 1 N–H and O–H groups in total. The Morgan fingerprint density at radius 2 is 1.94 bits per heavy atom. The van der Waals surface area contributed by atoms with Crippen LogP contribution in [0.4, 0.5) is 5.82 Å². The predicted molar refractivity (Wildman–Crippen MR) is 139 cm³/mol. The fraction of sp³-hybridized carbons (Fsp3) is 0.458. The van der Waals surface area contributed by atoms with Crippen LogP contribution in [0.15, 0.2) is 30.5 Å². The normalized spacial score (nSPS) is 18.6. The van der Waals surface area contributed by atoms with Crippen molar-refractivity contribution < 1.29 is 13.2 Å². The van der Waals surface area contributed by atoms with Gasteiger partial charge in [-0.1, -0.05) is 12.1 Å². The molecule has 0 radical (unpaired) electrons. The standard InChI is InChI=1S/C24H28N6O3S2/c1-35(31,32)17-5-7-29(8-6-17)15-16-13-21-22(34-16)24(30-9-11-33-12-10-30)27-23(26-21)18-3-2-4-20-19(18)14-25-28-20/h2-4,13-14,17H,5-12,15H2,1H3,(H,25,28). The molecule has 2 aliphatic rings. The van der Waals surface area contributed by atoms with Gasteiger partial charge in [0, 0.05) is 41.7 Å². The highest BCUT2D eigenvalue weighted by Crippen LogP contribution is 2.36. The maximum Gasteiger partial charge on any atom is 0.162 e. The molecule has 1 aromatic carbocycles. The summed E-state index contributed by atoms with van der Waals surface area (Å²) in [6, 6.07) is 8.22. The lowest BCUT2D eigenvalue weighted by molar-refractivity contribution is 0.122. The van der Waals surface area contributed by atoms with E-state index in [-0.39, 0.29) is 5.25 Å². The second kappa shape index (κ2) is 9.12. The number of H-pyrrole nitrogens is 1. The van der Waals surface area contributed by atoms with Gasteiger partial charge in [0.2, 0.25) is 0 Å². The van der Waals surface area contributed by atoms with E-state index in [1.165, 1.54) is 11.1 Å². The van der Waals surface area contributed by atoms with E-state index in [0.29, 0.717) is 31.9 Å². The number of aromatic nitrogens is 4. The molecule has 184 valence electrons. The zero-order valence-corrected chi connectivity index (χ0v) is 21.2. The summed E-state index contributed by atoms with van der Waals surface area (Å²) < 4.78 is 30.5. The van der Waals surface area contributed by atoms with Crippen molar-refractivity contribution in [3.63, 3.8) is 0 Å². The van der Waals surface area contributed by atoms with Crippen LogP contribution in [0, 0.1) is 0 Å². The lowest BCUT2D eigenvalue weighted by Crippen LogP contribution is -2.38. The Morgan fingerprint density at radius 3 is 2.71 bits per heavy atom. The lowest BCUT2D eigenvalue weighted by atomic mass is 10.1. The summed E-state index contributed by atoms with van der Waals surface area (Å²) in [6.45, 7) is 5.36. The second-order valence-corrected chi connectivity index (χ2v) is 12.8. The molecule has 6 rings (SSSR count). The Kier molecular flexibility index (Phi) is 5.95. The Hall–Kier alpha value is -2.60. The second-order valence-electron chi connectivity index (χ2n) is 9.34. The van der Waals surface area contributed by atoms with E-state index in [1.807, 2.05) is 24.4 Å². The van der Waals surface area contributed by atoms with Crippen LogP contribution < -0.4 is 4.90 Å². The summed E-state index contributed by atoms with van der Waals surface area (Å²) in [5.41, 5.74) is 2.87. The average molecular weight is 513 g/mol. The number of benzene rings is 1. The number of ether oxygens (including phenoxy) is 1. The van der Waals surface area contributed by atoms with E-state index in [4.69, 9.17) is 14.7 Å². The first-order chi connectivity index (χ1) is 17.0. The molecule has 11 heteroatoms. The average Bonchev–Trinajstić information content (AvgIpc) is 3.50. The number of thiophene rings is 1. The molecule has 0 amide bonds. The third kappa shape index (κ3) is 4.53. The van der Waals surface area contributed by atoms with Gasteiger partial charge in [0.25, 0.3) is 0 Å². The minimum absolute atomic E-state index is 0.215. The summed E-state index contributed by atoms with van der Waals surface area (Å²) in [4.78, 5) is 15.9. The monoisotopic (exact) mass is 512 g/mol. The van der Waals surface area contributed by atoms with Gasteiger partial charge >= 0.3 is 0 Å². The maximum atomic E-state index is 11.9. The number of morpholine rings is 1. The molecule has 2 fully saturated rings. The van der Waals surface area contributed by atoms with Gasteiger partial charge in [-0.3, -0.25) is 10.00 Å². The largest absolute Gasteiger partial charge is 0.378 e. The minimum Gasteiger partial charge on any atom is -0.378 e. The first kappa shape index (κ1) is 22.8. The number of anilines is 1. The molecule has 5 heterocycles. The summed E-state index contributed by atoms with van der Waals surface area (Å²) in [5.74, 6) is 1.66. The fourth-order valence-electron chi connectivity index (χ4n) is 5.03. The molecule has 0 atom stereocenters. The molecule has 2 aliphatic heterocycles. The summed E-state index contributed by atoms with van der Waals surface area (Å²) in [5, 5.41) is 8.03. The van der Waals surface area contributed by atoms with Crippen LogP contribution in [0.1, 0.15) is 17.7 Å². The minimum atomic E-state index is -2.97. The van der Waals surface area contributed by atoms with E-state index < -0.39 is 9.84 Å². The van der Waals surface area contributed by atoms with Crippen molar-refractivity contribution in [2.45, 2.75) is 24.6 Å². The summed E-state index contributed by atoms with van der Waals surface area (Å²) in [7, 11) is -2.97. The van der Waals surface area contributed by atoms with Crippen LogP contribution >= 0.6 is 11.3 Å². The van der Waals surface area contributed by atoms with Gasteiger partial charge in [0.05, 0.1) is 40.4 Å². The van der Waals surface area contributed by atoms with Crippen molar-refractivity contribution in [3.8, 4) is 11.4 Å². The maximum absolute atomic E-state index is 11.9. The van der Waals surface area contributed by atoms with E-state index >= 15 is 0 Å². The number of fused-ring (bicyclic) bond motifs is 2. The smallest absolute Gasteiger partial charge is 0.162 e. The van der Waals surface area contributed by atoms with Crippen LogP contribution in [-0.4, -0.2) is 84.4 Å². The number of rotatable bonds is 5. The molecule has 0 spiro atoms. The molecule has 9 nitrogen and oxygen atoms in total. The number of hydrogen-bond donors (Lipinski definition) is 1. The number of likely N-dealkylation sites (tertiary alicyclic amines) is 1. The molecule has 35 heavy (non-hydrogen) atoms. The zero-order chi connectivity index (χ0) is 24.0. The van der Waals surface area contributed by atoms with Crippen LogP contribution in [0.3, 0.4) is 0 Å². The molecule has 0 unspecified atom stereocenters. The number of hydrogen-bond acceptors (Lipinski definition) is 9. The Bertz CT molecular complexity index is 1470. The van der Waals surface area contributed by atoms with Crippen LogP contribution in [-0.2, 0) is 21.1 Å².